The summed E-state index contributed by atoms with van der Waals surface area (Å²) >= 11 is 0. The summed E-state index contributed by atoms with van der Waals surface area (Å²) in [6.45, 7) is 5.19. The third kappa shape index (κ3) is 3.55. The first-order valence-electron chi connectivity index (χ1n) is 6.87. The lowest BCUT2D eigenvalue weighted by Crippen LogP contribution is -2.08. The number of para-hydroxylation sites is 2. The lowest BCUT2D eigenvalue weighted by Gasteiger charge is -2.08. The summed E-state index contributed by atoms with van der Waals surface area (Å²) < 4.78 is 12.7. The van der Waals surface area contributed by atoms with Crippen molar-refractivity contribution in [2.45, 2.75) is 26.3 Å². The van der Waals surface area contributed by atoms with Gasteiger partial charge in [0.2, 0.25) is 0 Å². The number of benzene rings is 1. The fourth-order valence-electron chi connectivity index (χ4n) is 2.21. The van der Waals surface area contributed by atoms with Gasteiger partial charge < -0.3 is 14.0 Å². The van der Waals surface area contributed by atoms with Crippen LogP contribution in [0.15, 0.2) is 24.3 Å². The maximum atomic E-state index is 5.50. The number of methoxy groups -OCH3 is 1. The second-order valence-corrected chi connectivity index (χ2v) is 4.48. The largest absolute Gasteiger partial charge is 0.382 e. The molecule has 4 heteroatoms. The van der Waals surface area contributed by atoms with Crippen LogP contribution in [0.25, 0.3) is 11.0 Å². The van der Waals surface area contributed by atoms with Gasteiger partial charge in [-0.15, -0.1) is 0 Å². The van der Waals surface area contributed by atoms with Crippen molar-refractivity contribution >= 4 is 11.0 Å². The molecule has 0 spiro atoms. The van der Waals surface area contributed by atoms with Gasteiger partial charge in [0.1, 0.15) is 5.82 Å². The highest BCUT2D eigenvalue weighted by atomic mass is 16.5. The predicted molar refractivity (Wildman–Crippen MR) is 76.4 cm³/mol. The zero-order valence-corrected chi connectivity index (χ0v) is 11.8. The molecule has 4 nitrogen and oxygen atoms in total. The van der Waals surface area contributed by atoms with Crippen molar-refractivity contribution in [3.05, 3.63) is 30.1 Å². The van der Waals surface area contributed by atoms with E-state index in [0.717, 1.165) is 37.3 Å². The van der Waals surface area contributed by atoms with Crippen LogP contribution in [0.5, 0.6) is 0 Å². The molecule has 0 aliphatic carbocycles. The summed E-state index contributed by atoms with van der Waals surface area (Å²) in [4.78, 5) is 4.66. The van der Waals surface area contributed by atoms with Crippen molar-refractivity contribution in [1.82, 2.24) is 9.55 Å². The van der Waals surface area contributed by atoms with Gasteiger partial charge in [-0.3, -0.25) is 0 Å². The smallest absolute Gasteiger partial charge is 0.109 e. The standard InChI is InChI=1S/C15H22N2O2/c1-3-15-16-13-7-4-5-8-14(13)17(15)9-6-10-19-12-11-18-2/h4-5,7-8H,3,6,9-12H2,1-2H3. The number of aryl methyl sites for hydroxylation is 2. The SMILES string of the molecule is CCc1nc2ccccc2n1CCCOCCOC. The van der Waals surface area contributed by atoms with Crippen LogP contribution in [0.4, 0.5) is 0 Å². The summed E-state index contributed by atoms with van der Waals surface area (Å²) in [5.41, 5.74) is 2.30. The normalized spacial score (nSPS) is 11.3. The van der Waals surface area contributed by atoms with E-state index in [0.29, 0.717) is 13.2 Å². The van der Waals surface area contributed by atoms with Crippen molar-refractivity contribution in [3.63, 3.8) is 0 Å². The van der Waals surface area contributed by atoms with E-state index in [1.54, 1.807) is 7.11 Å². The molecule has 0 aliphatic heterocycles. The minimum atomic E-state index is 0.661. The lowest BCUT2D eigenvalue weighted by molar-refractivity contribution is 0.0680. The van der Waals surface area contributed by atoms with Crippen LogP contribution in [0, 0.1) is 0 Å². The van der Waals surface area contributed by atoms with Crippen LogP contribution in [-0.2, 0) is 22.4 Å². The highest BCUT2D eigenvalue weighted by molar-refractivity contribution is 5.75. The minimum Gasteiger partial charge on any atom is -0.382 e. The van der Waals surface area contributed by atoms with Crippen molar-refractivity contribution < 1.29 is 9.47 Å². The molecule has 1 aromatic carbocycles. The molecule has 2 rings (SSSR count). The second-order valence-electron chi connectivity index (χ2n) is 4.48. The van der Waals surface area contributed by atoms with Crippen molar-refractivity contribution in [1.29, 1.82) is 0 Å². The summed E-state index contributed by atoms with van der Waals surface area (Å²) in [7, 11) is 1.69. The Kier molecular flexibility index (Phi) is 5.36. The molecule has 0 radical (unpaired) electrons. The predicted octanol–water partition coefficient (Wildman–Crippen LogP) is 2.65. The van der Waals surface area contributed by atoms with Gasteiger partial charge in [0.15, 0.2) is 0 Å². The number of ether oxygens (including phenoxy) is 2. The Morgan fingerprint density at radius 3 is 2.79 bits per heavy atom. The second kappa shape index (κ2) is 7.26. The first-order chi connectivity index (χ1) is 9.36. The summed E-state index contributed by atoms with van der Waals surface area (Å²) in [6.07, 6.45) is 1.95. The quantitative estimate of drug-likeness (QED) is 0.686. The molecule has 0 fully saturated rings. The third-order valence-corrected chi connectivity index (χ3v) is 3.15. The number of rotatable bonds is 8. The van der Waals surface area contributed by atoms with E-state index in [1.807, 2.05) is 6.07 Å². The molecule has 1 heterocycles. The molecular formula is C15H22N2O2. The molecule has 0 aliphatic rings. The average Bonchev–Trinajstić information content (AvgIpc) is 2.81. The number of fused-ring (bicyclic) bond motifs is 1. The molecule has 0 bridgehead atoms. The van der Waals surface area contributed by atoms with Gasteiger partial charge in [-0.25, -0.2) is 4.98 Å². The maximum absolute atomic E-state index is 5.50. The van der Waals surface area contributed by atoms with Gasteiger partial charge >= 0.3 is 0 Å². The summed E-state index contributed by atoms with van der Waals surface area (Å²) in [5, 5.41) is 0. The highest BCUT2D eigenvalue weighted by Crippen LogP contribution is 2.16. The van der Waals surface area contributed by atoms with Crippen molar-refractivity contribution in [2.24, 2.45) is 0 Å². The molecule has 104 valence electrons. The van der Waals surface area contributed by atoms with E-state index >= 15 is 0 Å². The van der Waals surface area contributed by atoms with E-state index in [9.17, 15) is 0 Å². The number of nitrogens with zero attached hydrogens (tertiary/aromatic N) is 2. The Bertz CT molecular complexity index is 508. The lowest BCUT2D eigenvalue weighted by atomic mass is 10.3. The summed E-state index contributed by atoms with van der Waals surface area (Å²) in [6, 6.07) is 8.30. The maximum Gasteiger partial charge on any atom is 0.109 e. The molecule has 0 saturated carbocycles. The zero-order chi connectivity index (χ0) is 13.5. The Morgan fingerprint density at radius 2 is 2.00 bits per heavy atom. The van der Waals surface area contributed by atoms with Crippen LogP contribution in [-0.4, -0.2) is 36.5 Å². The van der Waals surface area contributed by atoms with E-state index in [1.165, 1.54) is 5.52 Å². The topological polar surface area (TPSA) is 36.3 Å². The van der Waals surface area contributed by atoms with Gasteiger partial charge in [-0.2, -0.15) is 0 Å². The van der Waals surface area contributed by atoms with Crippen LogP contribution in [0.1, 0.15) is 19.2 Å². The number of imidazole rings is 1. The number of hydrogen-bond donors (Lipinski definition) is 0. The van der Waals surface area contributed by atoms with Gasteiger partial charge in [0, 0.05) is 26.7 Å². The molecular weight excluding hydrogens is 240 g/mol. The molecule has 0 atom stereocenters. The van der Waals surface area contributed by atoms with Crippen LogP contribution < -0.4 is 0 Å². The van der Waals surface area contributed by atoms with Crippen LogP contribution >= 0.6 is 0 Å². The first-order valence-corrected chi connectivity index (χ1v) is 6.87. The third-order valence-electron chi connectivity index (χ3n) is 3.15. The van der Waals surface area contributed by atoms with Crippen LogP contribution in [0.2, 0.25) is 0 Å². The molecule has 0 N–H and O–H groups in total. The Labute approximate surface area is 114 Å². The van der Waals surface area contributed by atoms with Crippen LogP contribution in [0.3, 0.4) is 0 Å². The average molecular weight is 262 g/mol. The first kappa shape index (κ1) is 14.0. The van der Waals surface area contributed by atoms with Gasteiger partial charge in [-0.05, 0) is 18.6 Å². The minimum absolute atomic E-state index is 0.661. The number of aromatic nitrogens is 2. The van der Waals surface area contributed by atoms with E-state index in [2.05, 4.69) is 34.7 Å². The Morgan fingerprint density at radius 1 is 1.16 bits per heavy atom. The molecule has 0 amide bonds. The van der Waals surface area contributed by atoms with Crippen molar-refractivity contribution in [2.75, 3.05) is 26.9 Å². The van der Waals surface area contributed by atoms with Gasteiger partial charge in [0.05, 0.1) is 24.2 Å². The molecule has 2 aromatic rings. The van der Waals surface area contributed by atoms with E-state index < -0.39 is 0 Å². The van der Waals surface area contributed by atoms with Crippen molar-refractivity contribution in [3.8, 4) is 0 Å². The monoisotopic (exact) mass is 262 g/mol. The molecule has 19 heavy (non-hydrogen) atoms. The van der Waals surface area contributed by atoms with E-state index in [-0.39, 0.29) is 0 Å². The molecule has 0 unspecified atom stereocenters. The highest BCUT2D eigenvalue weighted by Gasteiger charge is 2.07. The molecule has 1 aromatic heterocycles. The number of hydrogen-bond acceptors (Lipinski definition) is 3. The zero-order valence-electron chi connectivity index (χ0n) is 11.8. The van der Waals surface area contributed by atoms with E-state index in [4.69, 9.17) is 9.47 Å². The summed E-state index contributed by atoms with van der Waals surface area (Å²) in [5.74, 6) is 1.15. The van der Waals surface area contributed by atoms with Gasteiger partial charge in [0.25, 0.3) is 0 Å². The van der Waals surface area contributed by atoms with Gasteiger partial charge in [-0.1, -0.05) is 19.1 Å². The Hall–Kier alpha value is -1.39. The fourth-order valence-corrected chi connectivity index (χ4v) is 2.21. The fraction of sp³-hybridized carbons (Fsp3) is 0.533. The molecule has 0 saturated heterocycles. The Balaban J connectivity index is 1.95.